The van der Waals surface area contributed by atoms with Crippen LogP contribution in [0.25, 0.3) is 0 Å². The third-order valence-electron chi connectivity index (χ3n) is 5.58. The first kappa shape index (κ1) is 18.3. The maximum absolute atomic E-state index is 12.8. The summed E-state index contributed by atoms with van der Waals surface area (Å²) in [6.07, 6.45) is 4.88. The second kappa shape index (κ2) is 8.30. The molecule has 0 spiro atoms. The standard InChI is InChI=1S/C22H24N4O2/c23-15-18-5-3-10-24-21(18)26-11-7-19(8-12-26)25-22(27)17-9-13-28-20-6-2-1-4-16(20)14-17/h1-6,10,17,19H,7-9,11-14H2,(H,25,27)/t17-/m0/s1. The largest absolute Gasteiger partial charge is 0.493 e. The number of rotatable bonds is 3. The van der Waals surface area contributed by atoms with Gasteiger partial charge in [-0.2, -0.15) is 5.26 Å². The highest BCUT2D eigenvalue weighted by molar-refractivity contribution is 5.79. The second-order valence-electron chi connectivity index (χ2n) is 7.40. The lowest BCUT2D eigenvalue weighted by molar-refractivity contribution is -0.126. The molecule has 1 fully saturated rings. The second-order valence-corrected chi connectivity index (χ2v) is 7.40. The number of hydrogen-bond acceptors (Lipinski definition) is 5. The Morgan fingerprint density at radius 2 is 2.00 bits per heavy atom. The first-order valence-electron chi connectivity index (χ1n) is 9.85. The Kier molecular flexibility index (Phi) is 5.43. The molecule has 28 heavy (non-hydrogen) atoms. The molecule has 1 saturated heterocycles. The number of benzene rings is 1. The molecule has 6 heteroatoms. The van der Waals surface area contributed by atoms with Gasteiger partial charge in [-0.05, 0) is 49.4 Å². The van der Waals surface area contributed by atoms with E-state index in [2.05, 4.69) is 21.3 Å². The molecule has 2 aliphatic rings. The van der Waals surface area contributed by atoms with Crippen LogP contribution < -0.4 is 15.0 Å². The minimum Gasteiger partial charge on any atom is -0.493 e. The Hall–Kier alpha value is -3.07. The van der Waals surface area contributed by atoms with Crippen molar-refractivity contribution in [2.45, 2.75) is 31.7 Å². The van der Waals surface area contributed by atoms with Crippen LogP contribution in [-0.4, -0.2) is 36.6 Å². The quantitative estimate of drug-likeness (QED) is 0.891. The van der Waals surface area contributed by atoms with Gasteiger partial charge in [-0.25, -0.2) is 4.98 Å². The SMILES string of the molecule is N#Cc1cccnc1N1CCC(NC(=O)[C@H]2CCOc3ccccc3C2)CC1. The highest BCUT2D eigenvalue weighted by atomic mass is 16.5. The van der Waals surface area contributed by atoms with Crippen molar-refractivity contribution in [1.82, 2.24) is 10.3 Å². The lowest BCUT2D eigenvalue weighted by Gasteiger charge is -2.34. The van der Waals surface area contributed by atoms with Crippen molar-refractivity contribution in [3.63, 3.8) is 0 Å². The highest BCUT2D eigenvalue weighted by Crippen LogP contribution is 2.27. The van der Waals surface area contributed by atoms with Gasteiger partial charge in [0.15, 0.2) is 0 Å². The van der Waals surface area contributed by atoms with E-state index >= 15 is 0 Å². The third-order valence-corrected chi connectivity index (χ3v) is 5.58. The first-order valence-corrected chi connectivity index (χ1v) is 9.85. The molecule has 0 bridgehead atoms. The lowest BCUT2D eigenvalue weighted by Crippen LogP contribution is -2.47. The molecule has 1 aromatic carbocycles. The van der Waals surface area contributed by atoms with Crippen molar-refractivity contribution in [3.8, 4) is 11.8 Å². The molecule has 3 heterocycles. The van der Waals surface area contributed by atoms with Gasteiger partial charge >= 0.3 is 0 Å². The Bertz CT molecular complexity index is 884. The van der Waals surface area contributed by atoms with Crippen LogP contribution in [-0.2, 0) is 11.2 Å². The van der Waals surface area contributed by atoms with Crippen molar-refractivity contribution >= 4 is 11.7 Å². The van der Waals surface area contributed by atoms with Gasteiger partial charge < -0.3 is 15.0 Å². The number of carbonyl (C=O) groups is 1. The minimum absolute atomic E-state index is 0.0531. The number of anilines is 1. The van der Waals surface area contributed by atoms with Crippen LogP contribution in [0.2, 0.25) is 0 Å². The van der Waals surface area contributed by atoms with E-state index in [0.29, 0.717) is 12.2 Å². The lowest BCUT2D eigenvalue weighted by atomic mass is 9.95. The Labute approximate surface area is 165 Å². The van der Waals surface area contributed by atoms with E-state index in [0.717, 1.165) is 55.9 Å². The monoisotopic (exact) mass is 376 g/mol. The van der Waals surface area contributed by atoms with Gasteiger partial charge in [-0.3, -0.25) is 4.79 Å². The Morgan fingerprint density at radius 1 is 1.18 bits per heavy atom. The van der Waals surface area contributed by atoms with E-state index in [-0.39, 0.29) is 17.9 Å². The molecule has 4 rings (SSSR count). The summed E-state index contributed by atoms with van der Waals surface area (Å²) < 4.78 is 5.78. The number of nitrogens with one attached hydrogen (secondary N) is 1. The molecule has 1 aromatic heterocycles. The van der Waals surface area contributed by atoms with Crippen LogP contribution in [0, 0.1) is 17.2 Å². The van der Waals surface area contributed by atoms with Gasteiger partial charge in [-0.15, -0.1) is 0 Å². The summed E-state index contributed by atoms with van der Waals surface area (Å²) in [5, 5.41) is 12.5. The maximum atomic E-state index is 12.8. The van der Waals surface area contributed by atoms with E-state index in [1.165, 1.54) is 0 Å². The molecule has 0 aliphatic carbocycles. The molecule has 2 aromatic rings. The minimum atomic E-state index is -0.0531. The van der Waals surface area contributed by atoms with Crippen molar-refractivity contribution in [3.05, 3.63) is 53.7 Å². The summed E-state index contributed by atoms with van der Waals surface area (Å²) in [5.41, 5.74) is 1.70. The van der Waals surface area contributed by atoms with Gasteiger partial charge in [0.25, 0.3) is 0 Å². The molecule has 144 valence electrons. The third kappa shape index (κ3) is 3.94. The smallest absolute Gasteiger partial charge is 0.223 e. The number of pyridine rings is 1. The molecule has 0 saturated carbocycles. The van der Waals surface area contributed by atoms with Crippen molar-refractivity contribution in [2.24, 2.45) is 5.92 Å². The zero-order valence-corrected chi connectivity index (χ0v) is 15.8. The average Bonchev–Trinajstić information content (AvgIpc) is 2.97. The summed E-state index contributed by atoms with van der Waals surface area (Å²) in [6.45, 7) is 2.14. The van der Waals surface area contributed by atoms with Crippen LogP contribution >= 0.6 is 0 Å². The van der Waals surface area contributed by atoms with Gasteiger partial charge in [0, 0.05) is 31.2 Å². The number of amides is 1. The molecule has 1 atom stereocenters. The van der Waals surface area contributed by atoms with E-state index < -0.39 is 0 Å². The summed E-state index contributed by atoms with van der Waals surface area (Å²) in [7, 11) is 0. The van der Waals surface area contributed by atoms with E-state index in [9.17, 15) is 10.1 Å². The molecular weight excluding hydrogens is 352 g/mol. The fourth-order valence-corrected chi connectivity index (χ4v) is 4.01. The van der Waals surface area contributed by atoms with Crippen LogP contribution in [0.1, 0.15) is 30.4 Å². The summed E-state index contributed by atoms with van der Waals surface area (Å²) >= 11 is 0. The Morgan fingerprint density at radius 3 is 2.82 bits per heavy atom. The van der Waals surface area contributed by atoms with Crippen molar-refractivity contribution in [1.29, 1.82) is 5.26 Å². The molecular formula is C22H24N4O2. The molecule has 1 amide bonds. The number of piperidine rings is 1. The van der Waals surface area contributed by atoms with Crippen molar-refractivity contribution in [2.75, 3.05) is 24.6 Å². The van der Waals surface area contributed by atoms with Crippen molar-refractivity contribution < 1.29 is 9.53 Å². The van der Waals surface area contributed by atoms with Gasteiger partial charge in [0.2, 0.25) is 5.91 Å². The predicted molar refractivity (Wildman–Crippen MR) is 106 cm³/mol. The first-order chi connectivity index (χ1) is 13.7. The topological polar surface area (TPSA) is 78.3 Å². The molecule has 1 N–H and O–H groups in total. The van der Waals surface area contributed by atoms with E-state index in [4.69, 9.17) is 4.74 Å². The number of hydrogen-bond donors (Lipinski definition) is 1. The molecule has 0 unspecified atom stereocenters. The number of fused-ring (bicyclic) bond motifs is 1. The fourth-order valence-electron chi connectivity index (χ4n) is 4.01. The summed E-state index contributed by atoms with van der Waals surface area (Å²) in [4.78, 5) is 19.3. The number of ether oxygens (including phenoxy) is 1. The summed E-state index contributed by atoms with van der Waals surface area (Å²) in [5.74, 6) is 1.71. The van der Waals surface area contributed by atoms with Gasteiger partial charge in [0.05, 0.1) is 12.2 Å². The van der Waals surface area contributed by atoms with Crippen LogP contribution in [0.15, 0.2) is 42.6 Å². The summed E-state index contributed by atoms with van der Waals surface area (Å²) in [6, 6.07) is 13.9. The number of para-hydroxylation sites is 1. The molecule has 2 aliphatic heterocycles. The normalized spacial score (nSPS) is 19.7. The number of aromatic nitrogens is 1. The zero-order valence-electron chi connectivity index (χ0n) is 15.8. The number of nitrogens with zero attached hydrogens (tertiary/aromatic N) is 3. The van der Waals surface area contributed by atoms with Crippen LogP contribution in [0.5, 0.6) is 5.75 Å². The highest BCUT2D eigenvalue weighted by Gasteiger charge is 2.28. The average molecular weight is 376 g/mol. The van der Waals surface area contributed by atoms with E-state index in [1.54, 1.807) is 18.3 Å². The number of carbonyl (C=O) groups excluding carboxylic acids is 1. The number of nitriles is 1. The van der Waals surface area contributed by atoms with Gasteiger partial charge in [0.1, 0.15) is 17.6 Å². The van der Waals surface area contributed by atoms with Gasteiger partial charge in [-0.1, -0.05) is 18.2 Å². The maximum Gasteiger partial charge on any atom is 0.223 e. The molecule has 6 nitrogen and oxygen atoms in total. The van der Waals surface area contributed by atoms with E-state index in [1.807, 2.05) is 24.3 Å². The Balaban J connectivity index is 1.34. The fraction of sp³-hybridized carbons (Fsp3) is 0.409. The van der Waals surface area contributed by atoms with Crippen LogP contribution in [0.4, 0.5) is 5.82 Å². The zero-order chi connectivity index (χ0) is 19.3. The molecule has 0 radical (unpaired) electrons. The predicted octanol–water partition coefficient (Wildman–Crippen LogP) is 2.68. The van der Waals surface area contributed by atoms with Crippen LogP contribution in [0.3, 0.4) is 0 Å².